The predicted octanol–water partition coefficient (Wildman–Crippen LogP) is 1.97. The summed E-state index contributed by atoms with van der Waals surface area (Å²) in [6, 6.07) is 5.28. The van der Waals surface area contributed by atoms with E-state index in [4.69, 9.17) is 0 Å². The van der Waals surface area contributed by atoms with Crippen LogP contribution in [0, 0.1) is 6.92 Å². The van der Waals surface area contributed by atoms with Gasteiger partial charge in [-0.05, 0) is 31.7 Å². The van der Waals surface area contributed by atoms with Gasteiger partial charge < -0.3 is 5.32 Å². The number of rotatable bonds is 5. The molecule has 2 aromatic rings. The molecule has 0 saturated heterocycles. The molecule has 0 spiro atoms. The first-order valence-electron chi connectivity index (χ1n) is 5.69. The zero-order valence-electron chi connectivity index (χ0n) is 10.7. The molecule has 102 valence electrons. The Balaban J connectivity index is 2.21. The third-order valence-electron chi connectivity index (χ3n) is 2.67. The van der Waals surface area contributed by atoms with E-state index in [9.17, 15) is 8.42 Å². The molecule has 2 rings (SSSR count). The first-order chi connectivity index (χ1) is 9.03. The molecule has 2 N–H and O–H groups in total. The van der Waals surface area contributed by atoms with E-state index in [0.29, 0.717) is 17.0 Å². The van der Waals surface area contributed by atoms with Crippen LogP contribution in [0.3, 0.4) is 0 Å². The second kappa shape index (κ2) is 5.68. The summed E-state index contributed by atoms with van der Waals surface area (Å²) in [6.45, 7) is 2.36. The minimum absolute atomic E-state index is 0.291. The first kappa shape index (κ1) is 14.0. The minimum Gasteiger partial charge on any atom is -0.378 e. The summed E-state index contributed by atoms with van der Waals surface area (Å²) in [4.78, 5) is 4.45. The van der Waals surface area contributed by atoms with Gasteiger partial charge in [0.05, 0.1) is 11.4 Å². The fraction of sp³-hybridized carbons (Fsp3) is 0.250. The molecule has 0 unspecified atom stereocenters. The number of nitrogens with one attached hydrogen (secondary N) is 2. The van der Waals surface area contributed by atoms with Crippen LogP contribution in [0.1, 0.15) is 10.6 Å². The molecule has 1 heterocycles. The molecular weight excluding hydrogens is 282 g/mol. The molecule has 0 aliphatic heterocycles. The largest absolute Gasteiger partial charge is 0.378 e. The van der Waals surface area contributed by atoms with Gasteiger partial charge in [0.2, 0.25) is 10.0 Å². The molecule has 0 fully saturated rings. The van der Waals surface area contributed by atoms with Gasteiger partial charge in [0.1, 0.15) is 5.01 Å². The topological polar surface area (TPSA) is 71.1 Å². The number of hydrogen-bond donors (Lipinski definition) is 2. The molecule has 5 nitrogen and oxygen atoms in total. The highest BCUT2D eigenvalue weighted by Crippen LogP contribution is 2.20. The lowest BCUT2D eigenvalue weighted by Crippen LogP contribution is -2.19. The van der Waals surface area contributed by atoms with Crippen molar-refractivity contribution in [2.75, 3.05) is 12.4 Å². The maximum absolute atomic E-state index is 11.9. The summed E-state index contributed by atoms with van der Waals surface area (Å²) < 4.78 is 26.0. The number of benzene rings is 1. The summed E-state index contributed by atoms with van der Waals surface area (Å²) in [7, 11) is -2.02. The van der Waals surface area contributed by atoms with Gasteiger partial charge in [0, 0.05) is 17.3 Å². The summed E-state index contributed by atoms with van der Waals surface area (Å²) >= 11 is 1.56. The highest BCUT2D eigenvalue weighted by Gasteiger charge is 2.14. The fourth-order valence-electron chi connectivity index (χ4n) is 1.63. The van der Waals surface area contributed by atoms with Crippen LogP contribution in [0.5, 0.6) is 0 Å². The zero-order chi connectivity index (χ0) is 13.9. The van der Waals surface area contributed by atoms with Gasteiger partial charge >= 0.3 is 0 Å². The highest BCUT2D eigenvalue weighted by atomic mass is 32.2. The van der Waals surface area contributed by atoms with E-state index in [1.165, 1.54) is 7.05 Å². The average Bonchev–Trinajstić information content (AvgIpc) is 2.91. The molecule has 0 aliphatic carbocycles. The van der Waals surface area contributed by atoms with Crippen molar-refractivity contribution in [1.29, 1.82) is 0 Å². The van der Waals surface area contributed by atoms with E-state index in [1.807, 2.05) is 11.4 Å². The van der Waals surface area contributed by atoms with Crippen LogP contribution in [0.2, 0.25) is 0 Å². The van der Waals surface area contributed by atoms with E-state index in [2.05, 4.69) is 15.0 Å². The SMILES string of the molecule is CNS(=O)(=O)c1cc(NCc2nccs2)ccc1C. The molecule has 0 bridgehead atoms. The van der Waals surface area contributed by atoms with E-state index in [-0.39, 0.29) is 0 Å². The molecule has 7 heteroatoms. The Kier molecular flexibility index (Phi) is 4.18. The number of aryl methyl sites for hydroxylation is 1. The summed E-state index contributed by atoms with van der Waals surface area (Å²) in [5.74, 6) is 0. The van der Waals surface area contributed by atoms with Gasteiger partial charge in [0.15, 0.2) is 0 Å². The lowest BCUT2D eigenvalue weighted by Gasteiger charge is -2.10. The van der Waals surface area contributed by atoms with Crippen LogP contribution < -0.4 is 10.0 Å². The van der Waals surface area contributed by atoms with Crippen molar-refractivity contribution in [1.82, 2.24) is 9.71 Å². The Labute approximate surface area is 116 Å². The van der Waals surface area contributed by atoms with Crippen molar-refractivity contribution >= 4 is 27.0 Å². The second-order valence-electron chi connectivity index (χ2n) is 3.97. The van der Waals surface area contributed by atoms with Crippen LogP contribution in [-0.4, -0.2) is 20.4 Å². The molecule has 0 atom stereocenters. The van der Waals surface area contributed by atoms with Gasteiger partial charge in [-0.15, -0.1) is 11.3 Å². The van der Waals surface area contributed by atoms with E-state index >= 15 is 0 Å². The molecule has 0 amide bonds. The van der Waals surface area contributed by atoms with Crippen molar-refractivity contribution in [3.63, 3.8) is 0 Å². The van der Waals surface area contributed by atoms with Crippen molar-refractivity contribution in [3.8, 4) is 0 Å². The van der Waals surface area contributed by atoms with Crippen molar-refractivity contribution in [3.05, 3.63) is 40.3 Å². The Morgan fingerprint density at radius 3 is 2.79 bits per heavy atom. The van der Waals surface area contributed by atoms with E-state index in [0.717, 1.165) is 10.7 Å². The predicted molar refractivity (Wildman–Crippen MR) is 76.9 cm³/mol. The van der Waals surface area contributed by atoms with E-state index in [1.54, 1.807) is 36.6 Å². The second-order valence-corrected chi connectivity index (χ2v) is 6.80. The van der Waals surface area contributed by atoms with Gasteiger partial charge in [-0.3, -0.25) is 0 Å². The maximum atomic E-state index is 11.9. The van der Waals surface area contributed by atoms with Gasteiger partial charge in [-0.25, -0.2) is 18.1 Å². The van der Waals surface area contributed by atoms with E-state index < -0.39 is 10.0 Å². The summed E-state index contributed by atoms with van der Waals surface area (Å²) in [6.07, 6.45) is 1.74. The maximum Gasteiger partial charge on any atom is 0.240 e. The molecule has 0 aliphatic rings. The molecule has 0 saturated carbocycles. The average molecular weight is 297 g/mol. The standard InChI is InChI=1S/C12H15N3O2S2/c1-9-3-4-10(7-11(9)19(16,17)13-2)15-8-12-14-5-6-18-12/h3-7,13,15H,8H2,1-2H3. The number of hydrogen-bond acceptors (Lipinski definition) is 5. The lowest BCUT2D eigenvalue weighted by atomic mass is 10.2. The Bertz CT molecular complexity index is 652. The molecular formula is C12H15N3O2S2. The van der Waals surface area contributed by atoms with Crippen LogP contribution >= 0.6 is 11.3 Å². The molecule has 1 aromatic heterocycles. The zero-order valence-corrected chi connectivity index (χ0v) is 12.3. The Morgan fingerprint density at radius 1 is 1.37 bits per heavy atom. The third kappa shape index (κ3) is 3.31. The minimum atomic E-state index is -3.43. The summed E-state index contributed by atoms with van der Waals surface area (Å²) in [5.41, 5.74) is 1.48. The Hall–Kier alpha value is -1.44. The normalized spacial score (nSPS) is 11.5. The highest BCUT2D eigenvalue weighted by molar-refractivity contribution is 7.89. The molecule has 0 radical (unpaired) electrons. The fourth-order valence-corrected chi connectivity index (χ4v) is 3.18. The number of thiazole rings is 1. The first-order valence-corrected chi connectivity index (χ1v) is 8.05. The summed E-state index contributed by atoms with van der Waals surface area (Å²) in [5, 5.41) is 6.03. The van der Waals surface area contributed by atoms with Crippen molar-refractivity contribution < 1.29 is 8.42 Å². The number of anilines is 1. The van der Waals surface area contributed by atoms with Crippen molar-refractivity contribution in [2.45, 2.75) is 18.4 Å². The molecule has 19 heavy (non-hydrogen) atoms. The quantitative estimate of drug-likeness (QED) is 0.885. The van der Waals surface area contributed by atoms with Crippen LogP contribution in [0.15, 0.2) is 34.7 Å². The molecule has 1 aromatic carbocycles. The third-order valence-corrected chi connectivity index (χ3v) is 5.01. The number of nitrogens with zero attached hydrogens (tertiary/aromatic N) is 1. The number of sulfonamides is 1. The Morgan fingerprint density at radius 2 is 2.16 bits per heavy atom. The van der Waals surface area contributed by atoms with Gasteiger partial charge in [-0.1, -0.05) is 6.07 Å². The van der Waals surface area contributed by atoms with Crippen LogP contribution in [0.25, 0.3) is 0 Å². The van der Waals surface area contributed by atoms with Crippen LogP contribution in [-0.2, 0) is 16.6 Å². The van der Waals surface area contributed by atoms with Gasteiger partial charge in [0.25, 0.3) is 0 Å². The smallest absolute Gasteiger partial charge is 0.240 e. The number of aromatic nitrogens is 1. The van der Waals surface area contributed by atoms with Crippen LogP contribution in [0.4, 0.5) is 5.69 Å². The van der Waals surface area contributed by atoms with Gasteiger partial charge in [-0.2, -0.15) is 0 Å². The van der Waals surface area contributed by atoms with Crippen molar-refractivity contribution in [2.24, 2.45) is 0 Å². The monoisotopic (exact) mass is 297 g/mol. The lowest BCUT2D eigenvalue weighted by molar-refractivity contribution is 0.587.